The normalized spacial score (nSPS) is 30.6. The first kappa shape index (κ1) is 20.2. The van der Waals surface area contributed by atoms with Crippen LogP contribution in [0.4, 0.5) is 0 Å². The molecule has 1 heterocycles. The van der Waals surface area contributed by atoms with Crippen molar-refractivity contribution >= 4 is 30.7 Å². The first-order chi connectivity index (χ1) is 10.1. The second-order valence-electron chi connectivity index (χ2n) is 6.73. The van der Waals surface area contributed by atoms with E-state index in [4.69, 9.17) is 5.73 Å². The highest BCUT2D eigenvalue weighted by atomic mass is 35.5. The van der Waals surface area contributed by atoms with Crippen molar-refractivity contribution in [3.8, 4) is 0 Å². The SMILES string of the molecule is CC(NC(=O)C1CC2CCCC(C1)C2N)c1nncn1C.Cl.Cl. The molecule has 8 heteroatoms. The fourth-order valence-corrected chi connectivity index (χ4v) is 4.08. The van der Waals surface area contributed by atoms with Crippen molar-refractivity contribution in [1.82, 2.24) is 20.1 Å². The molecule has 2 bridgehead atoms. The third kappa shape index (κ3) is 4.17. The number of nitrogens with two attached hydrogens (primary N) is 1. The average molecular weight is 364 g/mol. The minimum atomic E-state index is -0.111. The van der Waals surface area contributed by atoms with Crippen LogP contribution in [-0.2, 0) is 11.8 Å². The van der Waals surface area contributed by atoms with Crippen LogP contribution < -0.4 is 11.1 Å². The number of fused-ring (bicyclic) bond motifs is 2. The molecule has 3 unspecified atom stereocenters. The summed E-state index contributed by atoms with van der Waals surface area (Å²) in [4.78, 5) is 12.5. The Hall–Kier alpha value is -0.850. The summed E-state index contributed by atoms with van der Waals surface area (Å²) < 4.78 is 1.84. The third-order valence-corrected chi connectivity index (χ3v) is 5.28. The van der Waals surface area contributed by atoms with Gasteiger partial charge in [0.05, 0.1) is 6.04 Å². The summed E-state index contributed by atoms with van der Waals surface area (Å²) >= 11 is 0. The number of rotatable bonds is 3. The van der Waals surface area contributed by atoms with Gasteiger partial charge in [-0.25, -0.2) is 0 Å². The van der Waals surface area contributed by atoms with Gasteiger partial charge in [-0.05, 0) is 44.4 Å². The molecule has 0 spiro atoms. The molecule has 2 aliphatic carbocycles. The van der Waals surface area contributed by atoms with E-state index in [1.54, 1.807) is 6.33 Å². The van der Waals surface area contributed by atoms with E-state index in [0.29, 0.717) is 17.9 Å². The predicted octanol–water partition coefficient (Wildman–Crippen LogP) is 1.99. The van der Waals surface area contributed by atoms with Gasteiger partial charge in [0, 0.05) is 19.0 Å². The number of halogens is 2. The number of aryl methyl sites for hydroxylation is 1. The number of carbonyl (C=O) groups is 1. The zero-order valence-electron chi connectivity index (χ0n) is 13.6. The average Bonchev–Trinajstić information content (AvgIpc) is 2.84. The highest BCUT2D eigenvalue weighted by Gasteiger charge is 2.40. The lowest BCUT2D eigenvalue weighted by atomic mass is 9.65. The first-order valence-electron chi connectivity index (χ1n) is 7.96. The fraction of sp³-hybridized carbons (Fsp3) is 0.800. The summed E-state index contributed by atoms with van der Waals surface area (Å²) in [6.45, 7) is 1.96. The molecule has 6 nitrogen and oxygen atoms in total. The summed E-state index contributed by atoms with van der Waals surface area (Å²) in [6, 6.07) is 0.194. The maximum atomic E-state index is 12.5. The third-order valence-electron chi connectivity index (χ3n) is 5.28. The smallest absolute Gasteiger partial charge is 0.223 e. The summed E-state index contributed by atoms with van der Waals surface area (Å²) in [5.41, 5.74) is 6.29. The Morgan fingerprint density at radius 2 is 1.96 bits per heavy atom. The van der Waals surface area contributed by atoms with Gasteiger partial charge in [0.15, 0.2) is 5.82 Å². The molecule has 23 heavy (non-hydrogen) atoms. The highest BCUT2D eigenvalue weighted by Crippen LogP contribution is 2.42. The number of nitrogens with zero attached hydrogens (tertiary/aromatic N) is 3. The summed E-state index contributed by atoms with van der Waals surface area (Å²) in [6.07, 6.45) is 7.17. The molecule has 1 amide bonds. The van der Waals surface area contributed by atoms with Crippen molar-refractivity contribution in [3.63, 3.8) is 0 Å². The van der Waals surface area contributed by atoms with Crippen LogP contribution in [0.2, 0.25) is 0 Å². The molecule has 132 valence electrons. The summed E-state index contributed by atoms with van der Waals surface area (Å²) in [5, 5.41) is 11.0. The molecule has 2 fully saturated rings. The van der Waals surface area contributed by atoms with Gasteiger partial charge < -0.3 is 15.6 Å². The zero-order valence-corrected chi connectivity index (χ0v) is 15.3. The Kier molecular flexibility index (Phi) is 7.29. The van der Waals surface area contributed by atoms with E-state index in [1.807, 2.05) is 18.5 Å². The van der Waals surface area contributed by atoms with Gasteiger partial charge in [-0.3, -0.25) is 4.79 Å². The number of nitrogens with one attached hydrogen (secondary N) is 1. The number of amides is 1. The van der Waals surface area contributed by atoms with E-state index in [1.165, 1.54) is 19.3 Å². The van der Waals surface area contributed by atoms with E-state index < -0.39 is 0 Å². The number of hydrogen-bond acceptors (Lipinski definition) is 4. The van der Waals surface area contributed by atoms with Crippen molar-refractivity contribution < 1.29 is 4.79 Å². The van der Waals surface area contributed by atoms with Crippen molar-refractivity contribution in [2.75, 3.05) is 0 Å². The van der Waals surface area contributed by atoms with Crippen LogP contribution in [0.1, 0.15) is 50.9 Å². The topological polar surface area (TPSA) is 85.8 Å². The van der Waals surface area contributed by atoms with Gasteiger partial charge >= 0.3 is 0 Å². The summed E-state index contributed by atoms with van der Waals surface area (Å²) in [7, 11) is 1.89. The Morgan fingerprint density at radius 3 is 2.48 bits per heavy atom. The van der Waals surface area contributed by atoms with Crippen LogP contribution in [0, 0.1) is 17.8 Å². The van der Waals surface area contributed by atoms with Gasteiger partial charge in [0.25, 0.3) is 0 Å². The van der Waals surface area contributed by atoms with Gasteiger partial charge in [0.2, 0.25) is 5.91 Å². The zero-order chi connectivity index (χ0) is 15.0. The predicted molar refractivity (Wildman–Crippen MR) is 93.6 cm³/mol. The minimum absolute atomic E-state index is 0. The van der Waals surface area contributed by atoms with E-state index in [-0.39, 0.29) is 42.7 Å². The molecule has 1 aromatic rings. The van der Waals surface area contributed by atoms with Gasteiger partial charge in [-0.1, -0.05) is 6.42 Å². The Bertz CT molecular complexity index is 510. The van der Waals surface area contributed by atoms with E-state index in [9.17, 15) is 4.79 Å². The van der Waals surface area contributed by atoms with Crippen molar-refractivity contribution in [1.29, 1.82) is 0 Å². The largest absolute Gasteiger partial charge is 0.346 e. The van der Waals surface area contributed by atoms with Gasteiger partial charge in [-0.15, -0.1) is 35.0 Å². The molecule has 2 aliphatic rings. The molecule has 0 aliphatic heterocycles. The Labute approximate surface area is 149 Å². The second-order valence-corrected chi connectivity index (χ2v) is 6.73. The summed E-state index contributed by atoms with van der Waals surface area (Å²) in [5.74, 6) is 2.10. The first-order valence-corrected chi connectivity index (χ1v) is 7.96. The Morgan fingerprint density at radius 1 is 1.35 bits per heavy atom. The van der Waals surface area contributed by atoms with Crippen LogP contribution in [0.25, 0.3) is 0 Å². The molecule has 1 aromatic heterocycles. The maximum Gasteiger partial charge on any atom is 0.223 e. The molecule has 0 saturated heterocycles. The minimum Gasteiger partial charge on any atom is -0.346 e. The molecule has 0 aromatic carbocycles. The standard InChI is InChI=1S/C15H25N5O.2ClH/c1-9(14-19-17-8-20(14)2)18-15(21)12-6-10-4-3-5-11(7-12)13(10)16;;/h8-13H,3-7,16H2,1-2H3,(H,18,21);2*1H. The highest BCUT2D eigenvalue weighted by molar-refractivity contribution is 5.85. The molecule has 3 N–H and O–H groups in total. The molecule has 3 rings (SSSR count). The number of carbonyl (C=O) groups excluding carboxylic acids is 1. The second kappa shape index (κ2) is 8.31. The van der Waals surface area contributed by atoms with E-state index in [2.05, 4.69) is 15.5 Å². The van der Waals surface area contributed by atoms with Crippen molar-refractivity contribution in [2.45, 2.75) is 51.1 Å². The maximum absolute atomic E-state index is 12.5. The van der Waals surface area contributed by atoms with Crippen molar-refractivity contribution in [2.24, 2.45) is 30.5 Å². The number of hydrogen-bond donors (Lipinski definition) is 2. The van der Waals surface area contributed by atoms with Gasteiger partial charge in [0.1, 0.15) is 6.33 Å². The van der Waals surface area contributed by atoms with Crippen LogP contribution in [-0.4, -0.2) is 26.7 Å². The molecule has 0 radical (unpaired) electrons. The lowest BCUT2D eigenvalue weighted by Crippen LogP contribution is -2.49. The Balaban J connectivity index is 0.00000132. The van der Waals surface area contributed by atoms with Crippen LogP contribution in [0.5, 0.6) is 0 Å². The van der Waals surface area contributed by atoms with Crippen molar-refractivity contribution in [3.05, 3.63) is 12.2 Å². The van der Waals surface area contributed by atoms with Gasteiger partial charge in [-0.2, -0.15) is 0 Å². The van der Waals surface area contributed by atoms with Crippen LogP contribution >= 0.6 is 24.8 Å². The van der Waals surface area contributed by atoms with Crippen LogP contribution in [0.3, 0.4) is 0 Å². The lowest BCUT2D eigenvalue weighted by molar-refractivity contribution is -0.128. The van der Waals surface area contributed by atoms with E-state index in [0.717, 1.165) is 18.7 Å². The molecule has 2 saturated carbocycles. The lowest BCUT2D eigenvalue weighted by Gasteiger charge is -2.43. The van der Waals surface area contributed by atoms with Crippen LogP contribution in [0.15, 0.2) is 6.33 Å². The fourth-order valence-electron chi connectivity index (χ4n) is 4.08. The monoisotopic (exact) mass is 363 g/mol. The van der Waals surface area contributed by atoms with E-state index >= 15 is 0 Å². The molecular formula is C15H27Cl2N5O. The quantitative estimate of drug-likeness (QED) is 0.859. The number of aromatic nitrogens is 3. The molecule has 3 atom stereocenters. The molecular weight excluding hydrogens is 337 g/mol.